The average Bonchev–Trinajstić information content (AvgIpc) is 3.05. The summed E-state index contributed by atoms with van der Waals surface area (Å²) in [5, 5.41) is 8.17. The Morgan fingerprint density at radius 1 is 1.32 bits per heavy atom. The summed E-state index contributed by atoms with van der Waals surface area (Å²) in [6.07, 6.45) is 4.90. The van der Waals surface area contributed by atoms with Gasteiger partial charge in [-0.15, -0.1) is 22.7 Å². The lowest BCUT2D eigenvalue weighted by atomic mass is 10.0. The summed E-state index contributed by atoms with van der Waals surface area (Å²) in [7, 11) is 0. The maximum Gasteiger partial charge on any atom is 0.0328 e. The van der Waals surface area contributed by atoms with E-state index in [2.05, 4.69) is 48.1 Å². The first-order valence-corrected chi connectivity index (χ1v) is 8.86. The van der Waals surface area contributed by atoms with Crippen LogP contribution >= 0.6 is 22.7 Å². The third-order valence-electron chi connectivity index (χ3n) is 3.29. The fourth-order valence-corrected chi connectivity index (χ4v) is 3.80. The highest BCUT2D eigenvalue weighted by molar-refractivity contribution is 7.10. The minimum absolute atomic E-state index is 0.532. The molecular formula is C16H23NS2. The van der Waals surface area contributed by atoms with Crippen LogP contribution < -0.4 is 5.32 Å². The second-order valence-electron chi connectivity index (χ2n) is 4.97. The van der Waals surface area contributed by atoms with Crippen LogP contribution in [0.4, 0.5) is 0 Å². The van der Waals surface area contributed by atoms with Crippen LogP contribution in [0.3, 0.4) is 0 Å². The fraction of sp³-hybridized carbons (Fsp3) is 0.500. The molecule has 0 aromatic carbocycles. The van der Waals surface area contributed by atoms with Gasteiger partial charge < -0.3 is 5.32 Å². The molecule has 0 radical (unpaired) electrons. The van der Waals surface area contributed by atoms with Crippen molar-refractivity contribution in [1.29, 1.82) is 0 Å². The molecule has 0 spiro atoms. The van der Waals surface area contributed by atoms with E-state index in [1.807, 2.05) is 22.7 Å². The molecule has 1 unspecified atom stereocenters. The van der Waals surface area contributed by atoms with E-state index < -0.39 is 0 Å². The molecule has 0 bridgehead atoms. The monoisotopic (exact) mass is 293 g/mol. The van der Waals surface area contributed by atoms with Crippen molar-refractivity contribution >= 4 is 22.7 Å². The summed E-state index contributed by atoms with van der Waals surface area (Å²) in [6, 6.07) is 7.26. The van der Waals surface area contributed by atoms with Crippen molar-refractivity contribution in [3.8, 4) is 0 Å². The molecule has 2 aromatic rings. The van der Waals surface area contributed by atoms with Crippen molar-refractivity contribution in [2.45, 2.75) is 45.6 Å². The molecule has 0 aliphatic rings. The molecule has 1 N–H and O–H groups in total. The van der Waals surface area contributed by atoms with Gasteiger partial charge >= 0.3 is 0 Å². The number of thiophene rings is 2. The molecule has 3 heteroatoms. The van der Waals surface area contributed by atoms with E-state index >= 15 is 0 Å². The number of rotatable bonds is 8. The minimum atomic E-state index is 0.532. The standard InChI is InChI=1S/C16H23NS2/c1-3-9-17-16(14-11-13(2)19-12-14)8-4-6-15-7-5-10-18-15/h5,7,10-12,16-17H,3-4,6,8-9H2,1-2H3. The van der Waals surface area contributed by atoms with Crippen LogP contribution in [0, 0.1) is 6.92 Å². The Hall–Kier alpha value is -0.640. The molecule has 2 heterocycles. The van der Waals surface area contributed by atoms with Gasteiger partial charge in [0, 0.05) is 15.8 Å². The molecule has 2 rings (SSSR count). The highest BCUT2D eigenvalue weighted by atomic mass is 32.1. The van der Waals surface area contributed by atoms with E-state index in [4.69, 9.17) is 0 Å². The second kappa shape index (κ2) is 7.83. The Balaban J connectivity index is 1.86. The van der Waals surface area contributed by atoms with Crippen molar-refractivity contribution in [2.24, 2.45) is 0 Å². The number of hydrogen-bond donors (Lipinski definition) is 1. The van der Waals surface area contributed by atoms with E-state index in [1.165, 1.54) is 41.0 Å². The van der Waals surface area contributed by atoms with Crippen LogP contribution in [0.15, 0.2) is 29.0 Å². The van der Waals surface area contributed by atoms with Gasteiger partial charge in [0.25, 0.3) is 0 Å². The summed E-state index contributed by atoms with van der Waals surface area (Å²) in [6.45, 7) is 5.53. The molecule has 0 amide bonds. The van der Waals surface area contributed by atoms with Crippen LogP contribution in [0.25, 0.3) is 0 Å². The Morgan fingerprint density at radius 2 is 2.21 bits per heavy atom. The normalized spacial score (nSPS) is 12.7. The van der Waals surface area contributed by atoms with Gasteiger partial charge in [-0.3, -0.25) is 0 Å². The Bertz CT molecular complexity index is 459. The van der Waals surface area contributed by atoms with Crippen molar-refractivity contribution in [2.75, 3.05) is 6.54 Å². The van der Waals surface area contributed by atoms with E-state index in [0.717, 1.165) is 6.54 Å². The maximum absolute atomic E-state index is 3.69. The third-order valence-corrected chi connectivity index (χ3v) is 5.11. The molecule has 1 nitrogen and oxygen atoms in total. The van der Waals surface area contributed by atoms with Crippen LogP contribution in [-0.2, 0) is 6.42 Å². The van der Waals surface area contributed by atoms with Crippen LogP contribution in [0.1, 0.15) is 47.5 Å². The Morgan fingerprint density at radius 3 is 2.84 bits per heavy atom. The lowest BCUT2D eigenvalue weighted by molar-refractivity contribution is 0.486. The van der Waals surface area contributed by atoms with Gasteiger partial charge in [0.15, 0.2) is 0 Å². The fourth-order valence-electron chi connectivity index (χ4n) is 2.29. The lowest BCUT2D eigenvalue weighted by Gasteiger charge is -2.17. The molecule has 1 atom stereocenters. The van der Waals surface area contributed by atoms with Gasteiger partial charge in [0.1, 0.15) is 0 Å². The largest absolute Gasteiger partial charge is 0.310 e. The first kappa shape index (κ1) is 14.8. The van der Waals surface area contributed by atoms with Gasteiger partial charge in [-0.2, -0.15) is 0 Å². The molecule has 104 valence electrons. The molecule has 0 aliphatic heterocycles. The zero-order chi connectivity index (χ0) is 13.5. The van der Waals surface area contributed by atoms with Gasteiger partial charge in [-0.1, -0.05) is 13.0 Å². The number of hydrogen-bond acceptors (Lipinski definition) is 3. The highest BCUT2D eigenvalue weighted by Crippen LogP contribution is 2.25. The minimum Gasteiger partial charge on any atom is -0.310 e. The summed E-state index contributed by atoms with van der Waals surface area (Å²) >= 11 is 3.73. The SMILES string of the molecule is CCCNC(CCCc1cccs1)c1csc(C)c1. The Labute approximate surface area is 124 Å². The zero-order valence-electron chi connectivity index (χ0n) is 11.8. The highest BCUT2D eigenvalue weighted by Gasteiger charge is 2.11. The summed E-state index contributed by atoms with van der Waals surface area (Å²) in [5.41, 5.74) is 1.47. The predicted octanol–water partition coefficient (Wildman–Crippen LogP) is 5.18. The van der Waals surface area contributed by atoms with Gasteiger partial charge in [0.05, 0.1) is 0 Å². The second-order valence-corrected chi connectivity index (χ2v) is 7.12. The van der Waals surface area contributed by atoms with Crippen molar-refractivity contribution in [3.05, 3.63) is 44.3 Å². The van der Waals surface area contributed by atoms with Crippen LogP contribution in [0.2, 0.25) is 0 Å². The molecule has 19 heavy (non-hydrogen) atoms. The predicted molar refractivity (Wildman–Crippen MR) is 87.3 cm³/mol. The summed E-state index contributed by atoms with van der Waals surface area (Å²) < 4.78 is 0. The smallest absolute Gasteiger partial charge is 0.0328 e. The van der Waals surface area contributed by atoms with Crippen molar-refractivity contribution in [1.82, 2.24) is 5.32 Å². The van der Waals surface area contributed by atoms with Crippen molar-refractivity contribution in [3.63, 3.8) is 0 Å². The van der Waals surface area contributed by atoms with E-state index in [1.54, 1.807) is 0 Å². The molecule has 0 fully saturated rings. The van der Waals surface area contributed by atoms with Crippen molar-refractivity contribution < 1.29 is 0 Å². The van der Waals surface area contributed by atoms with E-state index in [9.17, 15) is 0 Å². The third kappa shape index (κ3) is 4.75. The van der Waals surface area contributed by atoms with Gasteiger partial charge in [-0.25, -0.2) is 0 Å². The number of nitrogens with one attached hydrogen (secondary N) is 1. The molecule has 0 saturated carbocycles. The van der Waals surface area contributed by atoms with Gasteiger partial charge in [0.2, 0.25) is 0 Å². The molecule has 0 saturated heterocycles. The summed E-state index contributed by atoms with van der Waals surface area (Å²) in [5.74, 6) is 0. The number of aryl methyl sites for hydroxylation is 2. The first-order chi connectivity index (χ1) is 9.29. The van der Waals surface area contributed by atoms with E-state index in [0.29, 0.717) is 6.04 Å². The average molecular weight is 294 g/mol. The van der Waals surface area contributed by atoms with E-state index in [-0.39, 0.29) is 0 Å². The van der Waals surface area contributed by atoms with Gasteiger partial charge in [-0.05, 0) is 67.6 Å². The molecule has 2 aromatic heterocycles. The zero-order valence-corrected chi connectivity index (χ0v) is 13.4. The quantitative estimate of drug-likeness (QED) is 0.707. The first-order valence-electron chi connectivity index (χ1n) is 7.10. The lowest BCUT2D eigenvalue weighted by Crippen LogP contribution is -2.21. The Kier molecular flexibility index (Phi) is 6.08. The molecule has 0 aliphatic carbocycles. The van der Waals surface area contributed by atoms with Crippen LogP contribution in [0.5, 0.6) is 0 Å². The topological polar surface area (TPSA) is 12.0 Å². The molecular weight excluding hydrogens is 270 g/mol. The van der Waals surface area contributed by atoms with Crippen LogP contribution in [-0.4, -0.2) is 6.54 Å². The summed E-state index contributed by atoms with van der Waals surface area (Å²) in [4.78, 5) is 2.92. The maximum atomic E-state index is 3.69.